The van der Waals surface area contributed by atoms with Gasteiger partial charge in [0.15, 0.2) is 6.23 Å². The number of aromatic nitrogens is 1. The summed E-state index contributed by atoms with van der Waals surface area (Å²) in [6.07, 6.45) is -4.22. The van der Waals surface area contributed by atoms with Crippen molar-refractivity contribution in [2.45, 2.75) is 31.4 Å². The Hall–Kier alpha value is -1.60. The molecule has 22 heavy (non-hydrogen) atoms. The normalized spacial score (nSPS) is 28.8. The second-order valence-electron chi connectivity index (χ2n) is 5.13. The molecular weight excluding hydrogens is 310 g/mol. The molecule has 1 aromatic heterocycles. The van der Waals surface area contributed by atoms with Gasteiger partial charge >= 0.3 is 5.97 Å². The lowest BCUT2D eigenvalue weighted by molar-refractivity contribution is -0.147. The lowest BCUT2D eigenvalue weighted by Gasteiger charge is -2.19. The number of ether oxygens (including phenoxy) is 2. The maximum Gasteiger partial charge on any atom is 0.302 e. The number of para-hydroxylation sites is 1. The summed E-state index contributed by atoms with van der Waals surface area (Å²) in [6, 6.07) is 9.15. The van der Waals surface area contributed by atoms with Gasteiger partial charge in [-0.15, -0.1) is 0 Å². The molecule has 2 N–H and O–H groups in total. The van der Waals surface area contributed by atoms with E-state index in [9.17, 15) is 15.0 Å². The Labute approximate surface area is 133 Å². The Morgan fingerprint density at radius 2 is 2.23 bits per heavy atom. The number of halogens is 1. The van der Waals surface area contributed by atoms with Crippen LogP contribution in [0.1, 0.15) is 14.5 Å². The number of carbonyl (C=O) groups excluding carboxylic acids is 1. The molecule has 0 amide bonds. The minimum absolute atomic E-state index is 0.233. The molecule has 1 aliphatic heterocycles. The Morgan fingerprint density at radius 1 is 1.45 bits per heavy atom. The van der Waals surface area contributed by atoms with Crippen LogP contribution in [-0.4, -0.2) is 45.7 Å². The van der Waals surface area contributed by atoms with E-state index in [-0.39, 0.29) is 6.61 Å². The number of esters is 1. The first-order chi connectivity index (χ1) is 11.0. The standard InChI is InChI=1S/C15H16ClNO5/c1-8(18)21-7-11-13(19)14(20)15(22-11)17-10-5-3-2-4-9(10)6-12(17)16/h2-6,11,13-15,19-20H,7H2,1H3/t11-,13-,14-,15?/m1/s1/i1D. The van der Waals surface area contributed by atoms with Gasteiger partial charge in [0, 0.05) is 13.7 Å². The van der Waals surface area contributed by atoms with Crippen LogP contribution in [0, 0.1) is 0 Å². The van der Waals surface area contributed by atoms with Crippen molar-refractivity contribution >= 4 is 28.5 Å². The molecule has 1 fully saturated rings. The summed E-state index contributed by atoms with van der Waals surface area (Å²) < 4.78 is 19.0. The van der Waals surface area contributed by atoms with Crippen LogP contribution in [-0.2, 0) is 14.3 Å². The number of aliphatic hydroxyl groups is 2. The van der Waals surface area contributed by atoms with Gasteiger partial charge in [0.05, 0.1) is 5.52 Å². The molecule has 4 atom stereocenters. The third-order valence-corrected chi connectivity index (χ3v) is 3.99. The van der Waals surface area contributed by atoms with Crippen molar-refractivity contribution in [3.8, 4) is 0 Å². The summed E-state index contributed by atoms with van der Waals surface area (Å²) in [4.78, 5) is 11.1. The fourth-order valence-corrected chi connectivity index (χ4v) is 2.96. The van der Waals surface area contributed by atoms with Gasteiger partial charge in [0.2, 0.25) is 0 Å². The molecule has 1 unspecified atom stereocenters. The van der Waals surface area contributed by atoms with Crippen molar-refractivity contribution in [1.82, 2.24) is 4.57 Å². The Balaban J connectivity index is 1.85. The molecule has 3 rings (SSSR count). The van der Waals surface area contributed by atoms with E-state index in [1.54, 1.807) is 10.6 Å². The largest absolute Gasteiger partial charge is 0.463 e. The monoisotopic (exact) mass is 326 g/mol. The van der Waals surface area contributed by atoms with E-state index in [0.717, 1.165) is 10.9 Å². The topological polar surface area (TPSA) is 80.9 Å². The molecule has 7 heteroatoms. The van der Waals surface area contributed by atoms with Crippen LogP contribution in [0.5, 0.6) is 0 Å². The third-order valence-electron chi connectivity index (χ3n) is 3.70. The van der Waals surface area contributed by atoms with Crippen LogP contribution in [0.4, 0.5) is 0 Å². The Bertz CT molecular complexity index is 721. The van der Waals surface area contributed by atoms with Crippen molar-refractivity contribution in [3.63, 3.8) is 0 Å². The summed E-state index contributed by atoms with van der Waals surface area (Å²) in [6.45, 7) is -0.744. The second kappa shape index (κ2) is 5.89. The molecule has 0 aliphatic carbocycles. The quantitative estimate of drug-likeness (QED) is 0.835. The van der Waals surface area contributed by atoms with Crippen LogP contribution < -0.4 is 0 Å². The number of benzene rings is 1. The smallest absolute Gasteiger partial charge is 0.302 e. The van der Waals surface area contributed by atoms with E-state index >= 15 is 0 Å². The highest BCUT2D eigenvalue weighted by Crippen LogP contribution is 2.36. The molecule has 1 aromatic carbocycles. The molecule has 1 aliphatic rings. The minimum Gasteiger partial charge on any atom is -0.463 e. The molecule has 2 heterocycles. The fraction of sp³-hybridized carbons (Fsp3) is 0.400. The number of rotatable bonds is 3. The third kappa shape index (κ3) is 2.59. The average molecular weight is 327 g/mol. The highest BCUT2D eigenvalue weighted by atomic mass is 35.5. The van der Waals surface area contributed by atoms with Gasteiger partial charge in [-0.3, -0.25) is 4.79 Å². The molecule has 0 bridgehead atoms. The lowest BCUT2D eigenvalue weighted by Crippen LogP contribution is -2.34. The van der Waals surface area contributed by atoms with Crippen LogP contribution >= 0.6 is 11.6 Å². The zero-order valence-electron chi connectivity index (χ0n) is 12.6. The summed E-state index contributed by atoms with van der Waals surface area (Å²) >= 11 is 6.24. The number of fused-ring (bicyclic) bond motifs is 1. The van der Waals surface area contributed by atoms with Crippen molar-refractivity contribution in [2.75, 3.05) is 6.61 Å². The van der Waals surface area contributed by atoms with E-state index in [2.05, 4.69) is 0 Å². The van der Waals surface area contributed by atoms with E-state index < -0.39 is 37.4 Å². The number of carbonyl (C=O) groups is 1. The second-order valence-corrected chi connectivity index (χ2v) is 5.51. The maximum atomic E-state index is 11.1. The van der Waals surface area contributed by atoms with Gasteiger partial charge in [-0.25, -0.2) is 0 Å². The minimum atomic E-state index is -1.23. The molecule has 0 spiro atoms. The van der Waals surface area contributed by atoms with E-state index in [0.29, 0.717) is 5.15 Å². The van der Waals surface area contributed by atoms with Gasteiger partial charge in [0.25, 0.3) is 0 Å². The first kappa shape index (κ1) is 14.0. The number of hydrogen-bond acceptors (Lipinski definition) is 5. The van der Waals surface area contributed by atoms with Gasteiger partial charge in [-0.05, 0) is 12.1 Å². The molecule has 0 saturated carbocycles. The first-order valence-corrected chi connectivity index (χ1v) is 7.12. The molecule has 1 saturated heterocycles. The molecule has 0 radical (unpaired) electrons. The van der Waals surface area contributed by atoms with Gasteiger partial charge < -0.3 is 24.3 Å². The molecule has 2 aromatic rings. The van der Waals surface area contributed by atoms with Crippen molar-refractivity contribution in [2.24, 2.45) is 0 Å². The highest BCUT2D eigenvalue weighted by Gasteiger charge is 2.45. The van der Waals surface area contributed by atoms with Crippen molar-refractivity contribution < 1.29 is 25.9 Å². The zero-order chi connectivity index (χ0) is 16.6. The van der Waals surface area contributed by atoms with Crippen molar-refractivity contribution in [3.05, 3.63) is 35.5 Å². The lowest BCUT2D eigenvalue weighted by atomic mass is 10.1. The van der Waals surface area contributed by atoms with Gasteiger partial charge in [-0.1, -0.05) is 29.8 Å². The number of nitrogens with zero attached hydrogens (tertiary/aromatic N) is 1. The van der Waals surface area contributed by atoms with E-state index in [1.165, 1.54) is 0 Å². The molecular formula is C15H16ClNO5. The zero-order valence-corrected chi connectivity index (χ0v) is 12.3. The maximum absolute atomic E-state index is 11.1. The van der Waals surface area contributed by atoms with Crippen LogP contribution in [0.2, 0.25) is 5.15 Å². The first-order valence-electron chi connectivity index (χ1n) is 7.45. The van der Waals surface area contributed by atoms with Crippen LogP contribution in [0.15, 0.2) is 30.3 Å². The molecule has 118 valence electrons. The van der Waals surface area contributed by atoms with Gasteiger partial charge in [-0.2, -0.15) is 0 Å². The van der Waals surface area contributed by atoms with Crippen LogP contribution in [0.3, 0.4) is 0 Å². The van der Waals surface area contributed by atoms with E-state index in [4.69, 9.17) is 22.4 Å². The summed E-state index contributed by atoms with van der Waals surface area (Å²) in [5, 5.41) is 21.6. The SMILES string of the molecule is [2H]CC(=O)OC[C@H]1OC(n2c(Cl)cc3ccccc32)[C@H](O)[C@@H]1O. The summed E-state index contributed by atoms with van der Waals surface area (Å²) in [5.74, 6) is -0.719. The predicted molar refractivity (Wildman–Crippen MR) is 79.5 cm³/mol. The Kier molecular flexibility index (Phi) is 3.75. The Morgan fingerprint density at radius 3 is 3.00 bits per heavy atom. The van der Waals surface area contributed by atoms with Crippen LogP contribution in [0.25, 0.3) is 10.9 Å². The van der Waals surface area contributed by atoms with E-state index in [1.807, 2.05) is 24.3 Å². The van der Waals surface area contributed by atoms with Gasteiger partial charge in [0.1, 0.15) is 30.1 Å². The fourth-order valence-electron chi connectivity index (χ4n) is 2.66. The average Bonchev–Trinajstić information content (AvgIpc) is 3.02. The summed E-state index contributed by atoms with van der Waals surface area (Å²) in [7, 11) is 0. The number of aliphatic hydroxyl groups excluding tert-OH is 2. The van der Waals surface area contributed by atoms with Crippen molar-refractivity contribution in [1.29, 1.82) is 0 Å². The highest BCUT2D eigenvalue weighted by molar-refractivity contribution is 6.31. The predicted octanol–water partition coefficient (Wildman–Crippen LogP) is 1.48. The summed E-state index contributed by atoms with van der Waals surface area (Å²) in [5.41, 5.74) is 0.762. The number of hydrogen-bond donors (Lipinski definition) is 2. The molecule has 6 nitrogen and oxygen atoms in total.